The summed E-state index contributed by atoms with van der Waals surface area (Å²) < 4.78 is 13.8. The van der Waals surface area contributed by atoms with Gasteiger partial charge in [0, 0.05) is 56.3 Å². The molecule has 10 nitrogen and oxygen atoms in total. The number of esters is 1. The smallest absolute Gasteiger partial charge is 0.410 e. The van der Waals surface area contributed by atoms with E-state index in [9.17, 15) is 14.7 Å². The number of hydrogen-bond donors (Lipinski definition) is 1. The molecule has 1 N–H and O–H groups in total. The molecule has 2 aromatic heterocycles. The summed E-state index contributed by atoms with van der Waals surface area (Å²) in [7, 11) is 2.04. The molecule has 1 fully saturated rings. The van der Waals surface area contributed by atoms with Crippen LogP contribution in [0.1, 0.15) is 51.2 Å². The van der Waals surface area contributed by atoms with Crippen LogP contribution in [0.3, 0.4) is 0 Å². The van der Waals surface area contributed by atoms with Crippen molar-refractivity contribution < 1.29 is 24.2 Å². The standard InChI is InChI=1S/C31H43N5O5/c1-22-5-7-27(37)18-29(38)41-30(23(2)6-8-28(22)40-31(39)35-15-13-34(4)14-16-35)24(3)17-26-19-33-36(21-26)20-25-9-11-32-12-10-25/h6,8-12,17,19,21-23,27-28,30,37H,5,7,13-16,18,20H2,1-4H3/b8-6+,24-17+/t22-,23-,27+,28+,30-/m0/s1. The number of aromatic nitrogens is 3. The molecule has 4 rings (SSSR count). The number of ether oxygens (including phenoxy) is 2. The van der Waals surface area contributed by atoms with Gasteiger partial charge in [-0.1, -0.05) is 19.9 Å². The second kappa shape index (κ2) is 14.4. The van der Waals surface area contributed by atoms with E-state index in [1.807, 2.05) is 69.1 Å². The lowest BCUT2D eigenvalue weighted by molar-refractivity contribution is -0.151. The molecule has 41 heavy (non-hydrogen) atoms. The molecule has 4 heterocycles. The lowest BCUT2D eigenvalue weighted by Crippen LogP contribution is -2.48. The maximum absolute atomic E-state index is 13.0. The minimum atomic E-state index is -0.825. The van der Waals surface area contributed by atoms with Crippen molar-refractivity contribution in [1.82, 2.24) is 24.6 Å². The third-order valence-corrected chi connectivity index (χ3v) is 7.85. The first-order valence-corrected chi connectivity index (χ1v) is 14.5. The largest absolute Gasteiger partial charge is 0.457 e. The minimum absolute atomic E-state index is 0.0266. The number of likely N-dealkylation sites (N-methyl/N-ethyl adjacent to an activating group) is 1. The number of carbonyl (C=O) groups excluding carboxylic acids is 2. The Balaban J connectivity index is 1.51. The summed E-state index contributed by atoms with van der Waals surface area (Å²) in [6, 6.07) is 3.90. The zero-order valence-corrected chi connectivity index (χ0v) is 24.6. The predicted octanol–water partition coefficient (Wildman–Crippen LogP) is 3.77. The maximum Gasteiger partial charge on any atom is 0.410 e. The third-order valence-electron chi connectivity index (χ3n) is 7.85. The van der Waals surface area contributed by atoms with Crippen LogP contribution in [0.15, 0.2) is 54.6 Å². The number of pyridine rings is 1. The number of carbonyl (C=O) groups is 2. The van der Waals surface area contributed by atoms with Gasteiger partial charge in [0.1, 0.15) is 12.2 Å². The maximum atomic E-state index is 13.0. The zero-order chi connectivity index (χ0) is 29.4. The highest BCUT2D eigenvalue weighted by molar-refractivity contribution is 5.71. The molecule has 2 aromatic rings. The molecular formula is C31H43N5O5. The summed E-state index contributed by atoms with van der Waals surface area (Å²) in [5, 5.41) is 15.0. The van der Waals surface area contributed by atoms with Crippen LogP contribution >= 0.6 is 0 Å². The average Bonchev–Trinajstić information content (AvgIpc) is 3.38. The first kappa shape index (κ1) is 30.5. The van der Waals surface area contributed by atoms with Gasteiger partial charge in [0.15, 0.2) is 0 Å². The van der Waals surface area contributed by atoms with Crippen molar-refractivity contribution in [2.24, 2.45) is 11.8 Å². The van der Waals surface area contributed by atoms with Crippen LogP contribution in [0.4, 0.5) is 4.79 Å². The summed E-state index contributed by atoms with van der Waals surface area (Å²) in [6.45, 7) is 9.44. The van der Waals surface area contributed by atoms with Gasteiger partial charge in [0.05, 0.1) is 25.3 Å². The second-order valence-corrected chi connectivity index (χ2v) is 11.4. The molecule has 0 aromatic carbocycles. The fourth-order valence-electron chi connectivity index (χ4n) is 5.19. The van der Waals surface area contributed by atoms with Crippen LogP contribution in [-0.2, 0) is 20.8 Å². The van der Waals surface area contributed by atoms with Gasteiger partial charge in [0.2, 0.25) is 0 Å². The quantitative estimate of drug-likeness (QED) is 0.431. The number of rotatable bonds is 5. The molecule has 5 atom stereocenters. The highest BCUT2D eigenvalue weighted by atomic mass is 16.6. The number of hydrogen-bond acceptors (Lipinski definition) is 8. The average molecular weight is 566 g/mol. The van der Waals surface area contributed by atoms with Crippen molar-refractivity contribution in [2.75, 3.05) is 33.2 Å². The van der Waals surface area contributed by atoms with Crippen molar-refractivity contribution in [3.05, 3.63) is 65.8 Å². The van der Waals surface area contributed by atoms with Crippen LogP contribution in [0.25, 0.3) is 6.08 Å². The van der Waals surface area contributed by atoms with Gasteiger partial charge in [-0.2, -0.15) is 5.10 Å². The number of amides is 1. The van der Waals surface area contributed by atoms with Gasteiger partial charge in [-0.05, 0) is 68.2 Å². The SMILES string of the molecule is C/C(=C\c1cnn(Cc2ccncc2)c1)[C@H]1OC(=O)C[C@H](O)CC[C@H](C)[C@H](OC(=O)N2CCN(C)CC2)/C=C/[C@@H]1C. The minimum Gasteiger partial charge on any atom is -0.457 e. The molecule has 0 bridgehead atoms. The van der Waals surface area contributed by atoms with E-state index < -0.39 is 24.3 Å². The van der Waals surface area contributed by atoms with Crippen LogP contribution in [0.2, 0.25) is 0 Å². The molecule has 2 aliphatic rings. The van der Waals surface area contributed by atoms with Crippen molar-refractivity contribution in [3.63, 3.8) is 0 Å². The third kappa shape index (κ3) is 8.99. The highest BCUT2D eigenvalue weighted by Gasteiger charge is 2.29. The van der Waals surface area contributed by atoms with E-state index in [4.69, 9.17) is 9.47 Å². The second-order valence-electron chi connectivity index (χ2n) is 11.4. The van der Waals surface area contributed by atoms with Gasteiger partial charge in [-0.15, -0.1) is 0 Å². The first-order valence-electron chi connectivity index (χ1n) is 14.5. The Bertz CT molecular complexity index is 1200. The normalized spacial score (nSPS) is 27.8. The van der Waals surface area contributed by atoms with E-state index >= 15 is 0 Å². The molecule has 0 radical (unpaired) electrons. The van der Waals surface area contributed by atoms with Crippen molar-refractivity contribution >= 4 is 18.1 Å². The molecular weight excluding hydrogens is 522 g/mol. The Labute approximate surface area is 242 Å². The highest BCUT2D eigenvalue weighted by Crippen LogP contribution is 2.26. The molecule has 2 aliphatic heterocycles. The fraction of sp³-hybridized carbons (Fsp3) is 0.548. The van der Waals surface area contributed by atoms with Gasteiger partial charge >= 0.3 is 12.1 Å². The van der Waals surface area contributed by atoms with Crippen molar-refractivity contribution in [1.29, 1.82) is 0 Å². The van der Waals surface area contributed by atoms with E-state index in [0.29, 0.717) is 32.5 Å². The van der Waals surface area contributed by atoms with Gasteiger partial charge in [-0.3, -0.25) is 14.5 Å². The van der Waals surface area contributed by atoms with Gasteiger partial charge in [-0.25, -0.2) is 4.79 Å². The zero-order valence-electron chi connectivity index (χ0n) is 24.6. The molecule has 1 saturated heterocycles. The number of nitrogens with zero attached hydrogens (tertiary/aromatic N) is 5. The monoisotopic (exact) mass is 565 g/mol. The Kier molecular flexibility index (Phi) is 10.7. The molecule has 0 spiro atoms. The number of piperazine rings is 1. The van der Waals surface area contributed by atoms with E-state index in [-0.39, 0.29) is 24.3 Å². The molecule has 10 heteroatoms. The van der Waals surface area contributed by atoms with Crippen molar-refractivity contribution in [2.45, 2.75) is 64.9 Å². The lowest BCUT2D eigenvalue weighted by Gasteiger charge is -2.33. The van der Waals surface area contributed by atoms with E-state index in [1.54, 1.807) is 23.5 Å². The van der Waals surface area contributed by atoms with E-state index in [0.717, 1.165) is 29.8 Å². The lowest BCUT2D eigenvalue weighted by atomic mass is 9.92. The Morgan fingerprint density at radius 3 is 2.61 bits per heavy atom. The van der Waals surface area contributed by atoms with Gasteiger partial charge in [0.25, 0.3) is 0 Å². The summed E-state index contributed by atoms with van der Waals surface area (Å²) in [5.41, 5.74) is 2.84. The van der Waals surface area contributed by atoms with Crippen LogP contribution < -0.4 is 0 Å². The molecule has 0 unspecified atom stereocenters. The van der Waals surface area contributed by atoms with Crippen LogP contribution in [0, 0.1) is 11.8 Å². The van der Waals surface area contributed by atoms with Crippen LogP contribution in [-0.4, -0.2) is 93.3 Å². The van der Waals surface area contributed by atoms with Crippen LogP contribution in [0.5, 0.6) is 0 Å². The molecule has 222 valence electrons. The van der Waals surface area contributed by atoms with Crippen molar-refractivity contribution in [3.8, 4) is 0 Å². The number of aliphatic hydroxyl groups is 1. The molecule has 1 amide bonds. The predicted molar refractivity (Wildman–Crippen MR) is 156 cm³/mol. The number of cyclic esters (lactones) is 1. The summed E-state index contributed by atoms with van der Waals surface area (Å²) >= 11 is 0. The summed E-state index contributed by atoms with van der Waals surface area (Å²) in [4.78, 5) is 33.8. The summed E-state index contributed by atoms with van der Waals surface area (Å²) in [5.74, 6) is -0.660. The Morgan fingerprint density at radius 1 is 1.15 bits per heavy atom. The first-order chi connectivity index (χ1) is 19.7. The van der Waals surface area contributed by atoms with Gasteiger partial charge < -0.3 is 24.4 Å². The number of aliphatic hydroxyl groups excluding tert-OH is 1. The fourth-order valence-corrected chi connectivity index (χ4v) is 5.19. The Morgan fingerprint density at radius 2 is 1.88 bits per heavy atom. The van der Waals surface area contributed by atoms with E-state index in [1.165, 1.54) is 0 Å². The summed E-state index contributed by atoms with van der Waals surface area (Å²) in [6.07, 6.45) is 11.9. The molecule has 0 saturated carbocycles. The van der Waals surface area contributed by atoms with E-state index in [2.05, 4.69) is 15.0 Å². The molecule has 0 aliphatic carbocycles. The Hall–Kier alpha value is -3.50. The topological polar surface area (TPSA) is 110 Å².